The lowest BCUT2D eigenvalue weighted by atomic mass is 10.1. The standard InChI is InChI=1S/C17H15N3O2S/c21-23(22,20-11-14-4-1-2-5-15(14)12-20)16-7-3-6-13(10-16)17-8-9-18-19-17/h1-10H,11-12H2,(H,18,19). The van der Waals surface area contributed by atoms with E-state index in [2.05, 4.69) is 10.2 Å². The number of H-pyrrole nitrogens is 1. The van der Waals surface area contributed by atoms with E-state index < -0.39 is 10.0 Å². The first-order valence-corrected chi connectivity index (χ1v) is 8.75. The third-order valence-electron chi connectivity index (χ3n) is 4.10. The van der Waals surface area contributed by atoms with Gasteiger partial charge in [0.1, 0.15) is 0 Å². The lowest BCUT2D eigenvalue weighted by Gasteiger charge is -2.16. The second-order valence-corrected chi connectivity index (χ2v) is 7.48. The minimum absolute atomic E-state index is 0.303. The van der Waals surface area contributed by atoms with Crippen molar-refractivity contribution in [3.05, 3.63) is 71.9 Å². The molecule has 116 valence electrons. The fourth-order valence-electron chi connectivity index (χ4n) is 2.86. The third-order valence-corrected chi connectivity index (χ3v) is 5.88. The van der Waals surface area contributed by atoms with Gasteiger partial charge in [0.15, 0.2) is 0 Å². The molecule has 1 aliphatic rings. The van der Waals surface area contributed by atoms with E-state index in [4.69, 9.17) is 0 Å². The van der Waals surface area contributed by atoms with E-state index in [9.17, 15) is 8.42 Å². The van der Waals surface area contributed by atoms with Crippen LogP contribution in [0.5, 0.6) is 0 Å². The number of sulfonamides is 1. The van der Waals surface area contributed by atoms with Crippen molar-refractivity contribution in [2.75, 3.05) is 0 Å². The second-order valence-electron chi connectivity index (χ2n) is 5.54. The maximum Gasteiger partial charge on any atom is 0.243 e. The molecule has 5 nitrogen and oxygen atoms in total. The van der Waals surface area contributed by atoms with Gasteiger partial charge >= 0.3 is 0 Å². The van der Waals surface area contributed by atoms with E-state index in [-0.39, 0.29) is 0 Å². The first-order valence-electron chi connectivity index (χ1n) is 7.31. The Bertz CT molecular complexity index is 924. The van der Waals surface area contributed by atoms with Crippen LogP contribution in [-0.2, 0) is 23.1 Å². The zero-order valence-corrected chi connectivity index (χ0v) is 13.1. The van der Waals surface area contributed by atoms with Crippen molar-refractivity contribution in [2.24, 2.45) is 0 Å². The summed E-state index contributed by atoms with van der Waals surface area (Å²) in [5, 5.41) is 6.77. The minimum atomic E-state index is -3.52. The molecule has 6 heteroatoms. The average Bonchev–Trinajstić information content (AvgIpc) is 3.24. The lowest BCUT2D eigenvalue weighted by molar-refractivity contribution is 0.431. The summed E-state index contributed by atoms with van der Waals surface area (Å²) in [6, 6.07) is 16.6. The fraction of sp³-hybridized carbons (Fsp3) is 0.118. The van der Waals surface area contributed by atoms with Crippen molar-refractivity contribution in [1.29, 1.82) is 0 Å². The summed E-state index contributed by atoms with van der Waals surface area (Å²) in [4.78, 5) is 0.303. The molecule has 1 N–H and O–H groups in total. The number of nitrogens with one attached hydrogen (secondary N) is 1. The van der Waals surface area contributed by atoms with Crippen LogP contribution >= 0.6 is 0 Å². The average molecular weight is 325 g/mol. The van der Waals surface area contributed by atoms with Crippen LogP contribution in [0.1, 0.15) is 11.1 Å². The van der Waals surface area contributed by atoms with Gasteiger partial charge in [-0.2, -0.15) is 9.40 Å². The van der Waals surface area contributed by atoms with Crippen LogP contribution in [0.4, 0.5) is 0 Å². The summed E-state index contributed by atoms with van der Waals surface area (Å²) in [5.74, 6) is 0. The first kappa shape index (κ1) is 14.2. The van der Waals surface area contributed by atoms with E-state index in [0.29, 0.717) is 18.0 Å². The van der Waals surface area contributed by atoms with Crippen LogP contribution in [0, 0.1) is 0 Å². The largest absolute Gasteiger partial charge is 0.278 e. The highest BCUT2D eigenvalue weighted by atomic mass is 32.2. The Hall–Kier alpha value is -2.44. The monoisotopic (exact) mass is 325 g/mol. The predicted molar refractivity (Wildman–Crippen MR) is 86.9 cm³/mol. The minimum Gasteiger partial charge on any atom is -0.278 e. The van der Waals surface area contributed by atoms with Crippen LogP contribution in [-0.4, -0.2) is 22.9 Å². The summed E-state index contributed by atoms with van der Waals surface area (Å²) >= 11 is 0. The molecule has 0 spiro atoms. The number of rotatable bonds is 3. The Morgan fingerprint density at radius 2 is 1.70 bits per heavy atom. The van der Waals surface area contributed by atoms with Crippen molar-refractivity contribution in [3.63, 3.8) is 0 Å². The summed E-state index contributed by atoms with van der Waals surface area (Å²) < 4.78 is 27.4. The Balaban J connectivity index is 1.69. The fourth-order valence-corrected chi connectivity index (χ4v) is 4.30. The van der Waals surface area contributed by atoms with Gasteiger partial charge < -0.3 is 0 Å². The molecular weight excluding hydrogens is 310 g/mol. The molecule has 1 aromatic heterocycles. The van der Waals surface area contributed by atoms with Gasteiger partial charge in [-0.1, -0.05) is 36.4 Å². The van der Waals surface area contributed by atoms with Crippen LogP contribution in [0.2, 0.25) is 0 Å². The number of fused-ring (bicyclic) bond motifs is 1. The molecule has 23 heavy (non-hydrogen) atoms. The molecule has 0 radical (unpaired) electrons. The van der Waals surface area contributed by atoms with Gasteiger partial charge in [-0.3, -0.25) is 5.10 Å². The van der Waals surface area contributed by atoms with Gasteiger partial charge in [0, 0.05) is 24.8 Å². The van der Waals surface area contributed by atoms with Gasteiger partial charge in [0.05, 0.1) is 10.6 Å². The maximum atomic E-state index is 12.9. The van der Waals surface area contributed by atoms with Crippen molar-refractivity contribution >= 4 is 10.0 Å². The Morgan fingerprint density at radius 3 is 2.35 bits per heavy atom. The Kier molecular flexibility index (Phi) is 3.28. The van der Waals surface area contributed by atoms with E-state index in [1.165, 1.54) is 4.31 Å². The molecule has 0 saturated heterocycles. The molecule has 0 saturated carbocycles. The van der Waals surface area contributed by atoms with Crippen molar-refractivity contribution in [2.45, 2.75) is 18.0 Å². The molecule has 0 bridgehead atoms. The lowest BCUT2D eigenvalue weighted by Crippen LogP contribution is -2.25. The SMILES string of the molecule is O=S(=O)(c1cccc(-c2ccn[nH]2)c1)N1Cc2ccccc2C1. The quantitative estimate of drug-likeness (QED) is 0.805. The number of hydrogen-bond acceptors (Lipinski definition) is 3. The molecule has 0 atom stereocenters. The van der Waals surface area contributed by atoms with E-state index in [1.807, 2.05) is 36.4 Å². The van der Waals surface area contributed by atoms with Crippen LogP contribution in [0.25, 0.3) is 11.3 Å². The van der Waals surface area contributed by atoms with Crippen LogP contribution in [0.15, 0.2) is 65.7 Å². The van der Waals surface area contributed by atoms with Crippen LogP contribution in [0.3, 0.4) is 0 Å². The third kappa shape index (κ3) is 2.46. The number of aromatic amines is 1. The molecule has 3 aromatic rings. The molecule has 1 aliphatic heterocycles. The summed E-state index contributed by atoms with van der Waals surface area (Å²) in [5.41, 5.74) is 3.74. The summed E-state index contributed by atoms with van der Waals surface area (Å²) in [6.07, 6.45) is 1.65. The first-order chi connectivity index (χ1) is 11.1. The van der Waals surface area contributed by atoms with Gasteiger partial charge in [0.2, 0.25) is 10.0 Å². The number of aromatic nitrogens is 2. The van der Waals surface area contributed by atoms with E-state index in [1.54, 1.807) is 24.4 Å². The zero-order chi connectivity index (χ0) is 15.9. The highest BCUT2D eigenvalue weighted by Crippen LogP contribution is 2.29. The van der Waals surface area contributed by atoms with Crippen molar-refractivity contribution in [3.8, 4) is 11.3 Å². The molecular formula is C17H15N3O2S. The smallest absolute Gasteiger partial charge is 0.243 e. The predicted octanol–water partition coefficient (Wildman–Crippen LogP) is 2.78. The molecule has 0 aliphatic carbocycles. The topological polar surface area (TPSA) is 66.1 Å². The van der Waals surface area contributed by atoms with E-state index >= 15 is 0 Å². The van der Waals surface area contributed by atoms with Gasteiger partial charge in [-0.05, 0) is 29.3 Å². The van der Waals surface area contributed by atoms with Gasteiger partial charge in [-0.15, -0.1) is 0 Å². The summed E-state index contributed by atoms with van der Waals surface area (Å²) in [6.45, 7) is 0.847. The Morgan fingerprint density at radius 1 is 0.957 bits per heavy atom. The number of hydrogen-bond donors (Lipinski definition) is 1. The van der Waals surface area contributed by atoms with Crippen molar-refractivity contribution < 1.29 is 8.42 Å². The normalized spacial score (nSPS) is 14.8. The second kappa shape index (κ2) is 5.33. The van der Waals surface area contributed by atoms with Crippen LogP contribution < -0.4 is 0 Å². The highest BCUT2D eigenvalue weighted by molar-refractivity contribution is 7.89. The number of benzene rings is 2. The molecule has 2 aromatic carbocycles. The number of nitrogens with zero attached hydrogens (tertiary/aromatic N) is 2. The molecule has 0 unspecified atom stereocenters. The highest BCUT2D eigenvalue weighted by Gasteiger charge is 2.30. The molecule has 4 rings (SSSR count). The molecule has 0 amide bonds. The van der Waals surface area contributed by atoms with Gasteiger partial charge in [0.25, 0.3) is 0 Å². The summed E-state index contributed by atoms with van der Waals surface area (Å²) in [7, 11) is -3.52. The van der Waals surface area contributed by atoms with E-state index in [0.717, 1.165) is 22.4 Å². The molecule has 2 heterocycles. The maximum absolute atomic E-state index is 12.9. The molecule has 0 fully saturated rings. The van der Waals surface area contributed by atoms with Gasteiger partial charge in [-0.25, -0.2) is 8.42 Å². The zero-order valence-electron chi connectivity index (χ0n) is 12.3. The van der Waals surface area contributed by atoms with Crippen molar-refractivity contribution in [1.82, 2.24) is 14.5 Å². The Labute approximate surface area is 134 Å².